The van der Waals surface area contributed by atoms with Crippen molar-refractivity contribution in [1.82, 2.24) is 10.2 Å². The van der Waals surface area contributed by atoms with Gasteiger partial charge in [0.05, 0.1) is 5.69 Å². The molecule has 2 aliphatic rings. The fraction of sp³-hybridized carbons (Fsp3) is 0.333. The lowest BCUT2D eigenvalue weighted by Crippen LogP contribution is -2.40. The summed E-state index contributed by atoms with van der Waals surface area (Å²) in [6.45, 7) is 4.87. The molecule has 8 heteroatoms. The van der Waals surface area contributed by atoms with Gasteiger partial charge in [0.2, 0.25) is 0 Å². The number of halogens is 3. The molecule has 0 spiro atoms. The maximum absolute atomic E-state index is 12.9. The third kappa shape index (κ3) is 3.73. The maximum atomic E-state index is 12.9. The van der Waals surface area contributed by atoms with Crippen LogP contribution in [0, 0.1) is 0 Å². The first-order valence-corrected chi connectivity index (χ1v) is 9.86. The van der Waals surface area contributed by atoms with Crippen molar-refractivity contribution in [2.45, 2.75) is 31.8 Å². The number of likely N-dealkylation sites (N-methyl/N-ethyl adjacent to an activating group) is 1. The van der Waals surface area contributed by atoms with Crippen molar-refractivity contribution < 1.29 is 9.59 Å². The summed E-state index contributed by atoms with van der Waals surface area (Å²) in [6.07, 6.45) is 0. The highest BCUT2D eigenvalue weighted by atomic mass is 35.5. The third-order valence-electron chi connectivity index (χ3n) is 5.41. The summed E-state index contributed by atoms with van der Waals surface area (Å²) in [5.74, 6) is -0.330. The van der Waals surface area contributed by atoms with Crippen LogP contribution in [0.2, 0.25) is 10.0 Å². The molecule has 1 N–H and O–H groups in total. The number of carbonyl (C=O) groups excluding carboxylic acids is 2. The summed E-state index contributed by atoms with van der Waals surface area (Å²) >= 11 is 12.8. The number of amides is 3. The van der Waals surface area contributed by atoms with Crippen LogP contribution in [-0.2, 0) is 11.3 Å². The third-order valence-corrected chi connectivity index (χ3v) is 5.96. The predicted octanol–water partition coefficient (Wildman–Crippen LogP) is 4.83. The minimum absolute atomic E-state index is 0. The average Bonchev–Trinajstić information content (AvgIpc) is 2.82. The Kier molecular flexibility index (Phi) is 5.89. The van der Waals surface area contributed by atoms with E-state index in [1.807, 2.05) is 37.4 Å². The van der Waals surface area contributed by atoms with Crippen LogP contribution in [0.1, 0.15) is 36.5 Å². The Labute approximate surface area is 186 Å². The van der Waals surface area contributed by atoms with Crippen LogP contribution >= 0.6 is 35.6 Å². The van der Waals surface area contributed by atoms with Gasteiger partial charge < -0.3 is 10.2 Å². The first-order chi connectivity index (χ1) is 13.2. The molecule has 3 amide bonds. The largest absolute Gasteiger partial charge is 0.329 e. The highest BCUT2D eigenvalue weighted by Gasteiger charge is 2.46. The molecule has 5 nitrogen and oxygen atoms in total. The van der Waals surface area contributed by atoms with Gasteiger partial charge >= 0.3 is 6.03 Å². The Morgan fingerprint density at radius 1 is 1.10 bits per heavy atom. The quantitative estimate of drug-likeness (QED) is 0.661. The van der Waals surface area contributed by atoms with E-state index in [1.54, 1.807) is 19.9 Å². The summed E-state index contributed by atoms with van der Waals surface area (Å²) in [7, 11) is 2.03. The van der Waals surface area contributed by atoms with Gasteiger partial charge in [-0.2, -0.15) is 0 Å². The first kappa shape index (κ1) is 21.9. The van der Waals surface area contributed by atoms with Crippen LogP contribution in [0.3, 0.4) is 0 Å². The number of imide groups is 1. The van der Waals surface area contributed by atoms with E-state index in [0.29, 0.717) is 15.7 Å². The summed E-state index contributed by atoms with van der Waals surface area (Å²) < 4.78 is 0. The topological polar surface area (TPSA) is 52.6 Å². The molecule has 2 aromatic rings. The van der Waals surface area contributed by atoms with Crippen LogP contribution in [0.25, 0.3) is 0 Å². The predicted molar refractivity (Wildman–Crippen MR) is 118 cm³/mol. The molecule has 1 saturated heterocycles. The van der Waals surface area contributed by atoms with E-state index >= 15 is 0 Å². The Bertz CT molecular complexity index is 993. The fourth-order valence-electron chi connectivity index (χ4n) is 4.06. The molecule has 0 bridgehead atoms. The Morgan fingerprint density at radius 2 is 1.79 bits per heavy atom. The molecule has 2 aliphatic heterocycles. The molecule has 1 atom stereocenters. The van der Waals surface area contributed by atoms with Crippen molar-refractivity contribution in [2.75, 3.05) is 18.5 Å². The second-order valence-corrected chi connectivity index (χ2v) is 8.80. The van der Waals surface area contributed by atoms with Crippen LogP contribution in [0.5, 0.6) is 0 Å². The van der Waals surface area contributed by atoms with Crippen LogP contribution < -0.4 is 10.2 Å². The van der Waals surface area contributed by atoms with Gasteiger partial charge in [-0.1, -0.05) is 41.4 Å². The number of hydrogen-bond donors (Lipinski definition) is 1. The highest BCUT2D eigenvalue weighted by molar-refractivity contribution is 6.35. The number of benzene rings is 2. The number of anilines is 1. The van der Waals surface area contributed by atoms with Crippen molar-refractivity contribution >= 4 is 53.2 Å². The van der Waals surface area contributed by atoms with Crippen LogP contribution in [0.4, 0.5) is 10.5 Å². The number of carbonyl (C=O) groups is 2. The summed E-state index contributed by atoms with van der Waals surface area (Å²) in [6, 6.07) is 10.8. The lowest BCUT2D eigenvalue weighted by molar-refractivity contribution is -0.121. The first-order valence-electron chi connectivity index (χ1n) is 9.11. The van der Waals surface area contributed by atoms with Crippen molar-refractivity contribution in [1.29, 1.82) is 0 Å². The normalized spacial score (nSPS) is 20.9. The lowest BCUT2D eigenvalue weighted by Gasteiger charge is -2.35. The van der Waals surface area contributed by atoms with Gasteiger partial charge in [0.25, 0.3) is 5.91 Å². The molecular weight excluding hydrogens is 433 g/mol. The second kappa shape index (κ2) is 7.80. The zero-order chi connectivity index (χ0) is 20.2. The minimum Gasteiger partial charge on any atom is -0.323 e. The summed E-state index contributed by atoms with van der Waals surface area (Å²) in [4.78, 5) is 28.9. The van der Waals surface area contributed by atoms with E-state index < -0.39 is 11.6 Å². The van der Waals surface area contributed by atoms with Gasteiger partial charge in [-0.3, -0.25) is 4.79 Å². The summed E-state index contributed by atoms with van der Waals surface area (Å²) in [5, 5.41) is 3.96. The zero-order valence-corrected chi connectivity index (χ0v) is 18.7. The van der Waals surface area contributed by atoms with Gasteiger partial charge in [0.1, 0.15) is 5.54 Å². The molecule has 1 fully saturated rings. The lowest BCUT2D eigenvalue weighted by atomic mass is 9.83. The van der Waals surface area contributed by atoms with E-state index in [0.717, 1.165) is 29.8 Å². The minimum atomic E-state index is -0.932. The molecule has 4 rings (SSSR count). The molecule has 2 heterocycles. The van der Waals surface area contributed by atoms with Crippen molar-refractivity contribution in [3.8, 4) is 0 Å². The fourth-order valence-corrected chi connectivity index (χ4v) is 4.63. The molecule has 2 aromatic carbocycles. The number of urea groups is 1. The Hall–Kier alpha value is -1.79. The molecule has 0 radical (unpaired) electrons. The van der Waals surface area contributed by atoms with E-state index in [9.17, 15) is 9.59 Å². The van der Waals surface area contributed by atoms with Crippen molar-refractivity contribution in [3.63, 3.8) is 0 Å². The summed E-state index contributed by atoms with van der Waals surface area (Å²) in [5.41, 5.74) is 2.62. The zero-order valence-electron chi connectivity index (χ0n) is 16.3. The highest BCUT2D eigenvalue weighted by Crippen LogP contribution is 2.42. The van der Waals surface area contributed by atoms with Gasteiger partial charge in [-0.25, -0.2) is 9.69 Å². The molecule has 1 unspecified atom stereocenters. The number of fused-ring (bicyclic) bond motifs is 1. The van der Waals surface area contributed by atoms with Gasteiger partial charge in [-0.05, 0) is 55.8 Å². The smallest absolute Gasteiger partial charge is 0.323 e. The standard InChI is InChI=1S/C21H21Cl2N3O2.ClH/c1-21(2)19(27)26(20(28)24-21)18-7-5-4-6-13(18)15-10-25(3)11-16-14(15)8-12(22)9-17(16)23;/h4-9,15H,10-11H2,1-3H3,(H,24,28);1H. The molecular formula is C21H22Cl3N3O2. The number of hydrogen-bond acceptors (Lipinski definition) is 3. The Morgan fingerprint density at radius 3 is 2.45 bits per heavy atom. The molecule has 0 aromatic heterocycles. The maximum Gasteiger partial charge on any atom is 0.329 e. The SMILES string of the molecule is CN1Cc2c(Cl)cc(Cl)cc2C(c2ccccc2N2C(=O)NC(C)(C)C2=O)C1.Cl. The monoisotopic (exact) mass is 453 g/mol. The molecule has 0 saturated carbocycles. The number of nitrogens with zero attached hydrogens (tertiary/aromatic N) is 2. The second-order valence-electron chi connectivity index (χ2n) is 7.96. The van der Waals surface area contributed by atoms with Gasteiger partial charge in [0, 0.05) is 29.1 Å². The number of nitrogens with one attached hydrogen (secondary N) is 1. The van der Waals surface area contributed by atoms with Crippen LogP contribution in [-0.4, -0.2) is 36.0 Å². The van der Waals surface area contributed by atoms with Crippen LogP contribution in [0.15, 0.2) is 36.4 Å². The number of para-hydroxylation sites is 1. The average molecular weight is 455 g/mol. The van der Waals surface area contributed by atoms with E-state index in [1.165, 1.54) is 4.90 Å². The van der Waals surface area contributed by atoms with Crippen molar-refractivity contribution in [2.24, 2.45) is 0 Å². The van der Waals surface area contributed by atoms with Crippen molar-refractivity contribution in [3.05, 3.63) is 63.1 Å². The Balaban J connectivity index is 0.00000240. The molecule has 29 heavy (non-hydrogen) atoms. The van der Waals surface area contributed by atoms with E-state index in [4.69, 9.17) is 23.2 Å². The van der Waals surface area contributed by atoms with E-state index in [2.05, 4.69) is 10.2 Å². The van der Waals surface area contributed by atoms with Gasteiger partial charge in [-0.15, -0.1) is 12.4 Å². The number of rotatable bonds is 2. The van der Waals surface area contributed by atoms with Gasteiger partial charge in [0.15, 0.2) is 0 Å². The molecule has 0 aliphatic carbocycles. The van der Waals surface area contributed by atoms with E-state index in [-0.39, 0.29) is 24.2 Å². The molecule has 154 valence electrons.